The second-order valence-corrected chi connectivity index (χ2v) is 4.12. The van der Waals surface area contributed by atoms with Gasteiger partial charge in [-0.2, -0.15) is 0 Å². The van der Waals surface area contributed by atoms with Crippen LogP contribution in [-0.2, 0) is 5.33 Å². The first-order valence-corrected chi connectivity index (χ1v) is 6.22. The Morgan fingerprint density at radius 3 is 2.81 bits per heavy atom. The van der Waals surface area contributed by atoms with E-state index < -0.39 is 0 Å². The molecular formula is C12H9BrClNO. The molecule has 2 rings (SSSR count). The maximum Gasteiger partial charge on any atom is 0.150 e. The number of para-hydroxylation sites is 1. The van der Waals surface area contributed by atoms with Crippen molar-refractivity contribution in [2.45, 2.75) is 5.33 Å². The number of pyridine rings is 1. The molecule has 4 heteroatoms. The maximum atomic E-state index is 6.09. The van der Waals surface area contributed by atoms with Crippen LogP contribution in [0.4, 0.5) is 0 Å². The van der Waals surface area contributed by atoms with Gasteiger partial charge in [0.05, 0.1) is 11.2 Å². The fourth-order valence-electron chi connectivity index (χ4n) is 1.30. The van der Waals surface area contributed by atoms with Gasteiger partial charge in [-0.1, -0.05) is 39.7 Å². The third-order valence-electron chi connectivity index (χ3n) is 2.05. The summed E-state index contributed by atoms with van der Waals surface area (Å²) in [7, 11) is 0. The first kappa shape index (κ1) is 11.4. The van der Waals surface area contributed by atoms with Crippen molar-refractivity contribution in [2.24, 2.45) is 0 Å². The quantitative estimate of drug-likeness (QED) is 0.782. The van der Waals surface area contributed by atoms with Crippen LogP contribution < -0.4 is 4.74 Å². The van der Waals surface area contributed by atoms with E-state index in [1.807, 2.05) is 24.3 Å². The Morgan fingerprint density at radius 2 is 2.12 bits per heavy atom. The molecule has 0 aliphatic carbocycles. The third kappa shape index (κ3) is 2.54. The summed E-state index contributed by atoms with van der Waals surface area (Å²) in [6.45, 7) is 0. The van der Waals surface area contributed by atoms with Crippen LogP contribution >= 0.6 is 27.5 Å². The molecular weight excluding hydrogens is 289 g/mol. The molecule has 2 aromatic rings. The molecule has 0 fully saturated rings. The first-order valence-electron chi connectivity index (χ1n) is 4.72. The predicted molar refractivity (Wildman–Crippen MR) is 68.4 cm³/mol. The molecule has 0 amide bonds. The summed E-state index contributed by atoms with van der Waals surface area (Å²) in [5, 5.41) is 1.30. The van der Waals surface area contributed by atoms with Gasteiger partial charge < -0.3 is 4.74 Å². The van der Waals surface area contributed by atoms with E-state index in [9.17, 15) is 0 Å². The Kier molecular flexibility index (Phi) is 3.80. The predicted octanol–water partition coefficient (Wildman–Crippen LogP) is 4.42. The highest BCUT2D eigenvalue weighted by Crippen LogP contribution is 2.33. The van der Waals surface area contributed by atoms with Crippen molar-refractivity contribution in [1.82, 2.24) is 4.98 Å². The fourth-order valence-corrected chi connectivity index (χ4v) is 1.97. The summed E-state index contributed by atoms with van der Waals surface area (Å²) < 4.78 is 5.71. The molecule has 0 saturated carbocycles. The number of hydrogen-bond donors (Lipinski definition) is 0. The Hall–Kier alpha value is -1.06. The molecule has 0 unspecified atom stereocenters. The van der Waals surface area contributed by atoms with Gasteiger partial charge in [0.15, 0.2) is 0 Å². The summed E-state index contributed by atoms with van der Waals surface area (Å²) in [6.07, 6.45) is 3.35. The molecule has 1 aromatic carbocycles. The average molecular weight is 299 g/mol. The number of hydrogen-bond acceptors (Lipinski definition) is 2. The Balaban J connectivity index is 2.34. The highest BCUT2D eigenvalue weighted by Gasteiger charge is 2.08. The van der Waals surface area contributed by atoms with Crippen LogP contribution in [0.5, 0.6) is 11.5 Å². The largest absolute Gasteiger partial charge is 0.454 e. The third-order valence-corrected chi connectivity index (χ3v) is 2.95. The second-order valence-electron chi connectivity index (χ2n) is 3.15. The Labute approximate surface area is 107 Å². The zero-order valence-corrected chi connectivity index (χ0v) is 10.7. The minimum atomic E-state index is 0.598. The van der Waals surface area contributed by atoms with E-state index in [0.29, 0.717) is 21.9 Å². The van der Waals surface area contributed by atoms with Crippen LogP contribution in [0.1, 0.15) is 5.56 Å². The van der Waals surface area contributed by atoms with Crippen molar-refractivity contribution in [3.05, 3.63) is 53.3 Å². The molecule has 0 atom stereocenters. The van der Waals surface area contributed by atoms with Crippen molar-refractivity contribution in [1.29, 1.82) is 0 Å². The molecule has 16 heavy (non-hydrogen) atoms. The normalized spacial score (nSPS) is 10.1. The first-order chi connectivity index (χ1) is 7.81. The second kappa shape index (κ2) is 5.32. The monoisotopic (exact) mass is 297 g/mol. The van der Waals surface area contributed by atoms with Crippen LogP contribution in [0.2, 0.25) is 5.02 Å². The van der Waals surface area contributed by atoms with Gasteiger partial charge in [0.25, 0.3) is 0 Å². The number of rotatable bonds is 3. The summed E-state index contributed by atoms with van der Waals surface area (Å²) in [6, 6.07) is 9.33. The molecule has 2 nitrogen and oxygen atoms in total. The van der Waals surface area contributed by atoms with Gasteiger partial charge >= 0.3 is 0 Å². The smallest absolute Gasteiger partial charge is 0.150 e. The molecule has 0 aliphatic heterocycles. The lowest BCUT2D eigenvalue weighted by atomic mass is 10.2. The van der Waals surface area contributed by atoms with Crippen LogP contribution in [0.25, 0.3) is 0 Å². The van der Waals surface area contributed by atoms with E-state index in [4.69, 9.17) is 16.3 Å². The summed E-state index contributed by atoms with van der Waals surface area (Å²) in [5.74, 6) is 1.35. The molecule has 0 spiro atoms. The van der Waals surface area contributed by atoms with Crippen molar-refractivity contribution in [3.63, 3.8) is 0 Å². The van der Waals surface area contributed by atoms with E-state index in [2.05, 4.69) is 20.9 Å². The van der Waals surface area contributed by atoms with E-state index in [0.717, 1.165) is 5.56 Å². The lowest BCUT2D eigenvalue weighted by Gasteiger charge is -2.10. The van der Waals surface area contributed by atoms with Crippen LogP contribution in [0, 0.1) is 0 Å². The van der Waals surface area contributed by atoms with Gasteiger partial charge in [0, 0.05) is 17.1 Å². The molecule has 82 valence electrons. The van der Waals surface area contributed by atoms with Gasteiger partial charge in [-0.3, -0.25) is 4.98 Å². The number of ether oxygens (including phenoxy) is 1. The van der Waals surface area contributed by atoms with Crippen LogP contribution in [0.15, 0.2) is 42.7 Å². The lowest BCUT2D eigenvalue weighted by Crippen LogP contribution is -1.90. The number of alkyl halides is 1. The van der Waals surface area contributed by atoms with Gasteiger partial charge in [0.2, 0.25) is 0 Å². The van der Waals surface area contributed by atoms with E-state index in [1.165, 1.54) is 0 Å². The summed E-state index contributed by atoms with van der Waals surface area (Å²) in [5.41, 5.74) is 1.01. The topological polar surface area (TPSA) is 22.1 Å². The van der Waals surface area contributed by atoms with Crippen molar-refractivity contribution < 1.29 is 4.74 Å². The molecule has 0 bridgehead atoms. The summed E-state index contributed by atoms with van der Waals surface area (Å²) >= 11 is 9.49. The molecule has 0 aliphatic rings. The zero-order valence-electron chi connectivity index (χ0n) is 8.36. The van der Waals surface area contributed by atoms with E-state index in [1.54, 1.807) is 18.5 Å². The maximum absolute atomic E-state index is 6.09. The van der Waals surface area contributed by atoms with Crippen molar-refractivity contribution >= 4 is 27.5 Å². The number of benzene rings is 1. The molecule has 1 heterocycles. The number of halogens is 2. The van der Waals surface area contributed by atoms with Crippen LogP contribution in [-0.4, -0.2) is 4.98 Å². The zero-order chi connectivity index (χ0) is 11.4. The fraction of sp³-hybridized carbons (Fsp3) is 0.0833. The Morgan fingerprint density at radius 1 is 1.25 bits per heavy atom. The van der Waals surface area contributed by atoms with Crippen LogP contribution in [0.3, 0.4) is 0 Å². The molecule has 0 radical (unpaired) electrons. The van der Waals surface area contributed by atoms with Gasteiger partial charge in [-0.15, -0.1) is 0 Å². The van der Waals surface area contributed by atoms with E-state index in [-0.39, 0.29) is 0 Å². The molecule has 0 saturated heterocycles. The average Bonchev–Trinajstić information content (AvgIpc) is 2.33. The van der Waals surface area contributed by atoms with Crippen molar-refractivity contribution in [2.75, 3.05) is 0 Å². The van der Waals surface area contributed by atoms with Crippen molar-refractivity contribution in [3.8, 4) is 11.5 Å². The molecule has 1 aromatic heterocycles. The minimum absolute atomic E-state index is 0.598. The van der Waals surface area contributed by atoms with Gasteiger partial charge in [-0.25, -0.2) is 0 Å². The van der Waals surface area contributed by atoms with Gasteiger partial charge in [0.1, 0.15) is 11.5 Å². The minimum Gasteiger partial charge on any atom is -0.454 e. The number of aromatic nitrogens is 1. The SMILES string of the molecule is Clc1cccc(CBr)c1Oc1cccnc1. The lowest BCUT2D eigenvalue weighted by molar-refractivity contribution is 0.476. The highest BCUT2D eigenvalue weighted by atomic mass is 79.9. The van der Waals surface area contributed by atoms with E-state index >= 15 is 0 Å². The molecule has 0 N–H and O–H groups in total. The van der Waals surface area contributed by atoms with Gasteiger partial charge in [-0.05, 0) is 18.2 Å². The summed E-state index contributed by atoms with van der Waals surface area (Å²) in [4.78, 5) is 3.99. The highest BCUT2D eigenvalue weighted by molar-refractivity contribution is 9.08. The standard InChI is InChI=1S/C12H9BrClNO/c13-7-9-3-1-5-11(14)12(9)16-10-4-2-6-15-8-10/h1-6,8H,7H2. The Bertz CT molecular complexity index is 476. The number of nitrogens with zero attached hydrogens (tertiary/aromatic N) is 1.